The SMILES string of the molecule is CC(C)(C)NO.CCC. The van der Waals surface area contributed by atoms with Crippen molar-refractivity contribution in [3.63, 3.8) is 0 Å². The molecule has 0 saturated heterocycles. The Morgan fingerprint density at radius 3 is 1.33 bits per heavy atom. The fourth-order valence-electron chi connectivity index (χ4n) is 0. The zero-order valence-corrected chi connectivity index (χ0v) is 7.15. The molecule has 58 valence electrons. The van der Waals surface area contributed by atoms with Gasteiger partial charge in [0.1, 0.15) is 0 Å². The Morgan fingerprint density at radius 1 is 1.22 bits per heavy atom. The molecule has 0 atom stereocenters. The van der Waals surface area contributed by atoms with E-state index in [4.69, 9.17) is 5.21 Å². The number of nitrogens with one attached hydrogen (secondary N) is 1. The zero-order valence-electron chi connectivity index (χ0n) is 7.15. The Hall–Kier alpha value is -0.0800. The number of hydrogen-bond acceptors (Lipinski definition) is 2. The molecule has 0 aliphatic heterocycles. The van der Waals surface area contributed by atoms with Gasteiger partial charge >= 0.3 is 0 Å². The van der Waals surface area contributed by atoms with Crippen molar-refractivity contribution in [2.45, 2.75) is 46.6 Å². The molecular formula is C7H19NO. The van der Waals surface area contributed by atoms with Crippen LogP contribution in [0.3, 0.4) is 0 Å². The van der Waals surface area contributed by atoms with Crippen molar-refractivity contribution in [3.8, 4) is 0 Å². The van der Waals surface area contributed by atoms with Gasteiger partial charge in [0.05, 0.1) is 0 Å². The lowest BCUT2D eigenvalue weighted by Gasteiger charge is -2.13. The Balaban J connectivity index is 0. The second-order valence-corrected chi connectivity index (χ2v) is 3.07. The summed E-state index contributed by atoms with van der Waals surface area (Å²) in [5.74, 6) is 0. The molecule has 0 bridgehead atoms. The molecule has 0 spiro atoms. The van der Waals surface area contributed by atoms with Crippen molar-refractivity contribution in [1.82, 2.24) is 5.48 Å². The van der Waals surface area contributed by atoms with Crippen molar-refractivity contribution in [2.75, 3.05) is 0 Å². The molecule has 0 fully saturated rings. The first-order valence-corrected chi connectivity index (χ1v) is 3.39. The number of hydroxylamine groups is 1. The van der Waals surface area contributed by atoms with E-state index in [1.54, 1.807) is 0 Å². The van der Waals surface area contributed by atoms with Gasteiger partial charge in [0, 0.05) is 5.54 Å². The third-order valence-electron chi connectivity index (χ3n) is 0.335. The van der Waals surface area contributed by atoms with E-state index >= 15 is 0 Å². The highest BCUT2D eigenvalue weighted by molar-refractivity contribution is 4.61. The van der Waals surface area contributed by atoms with Crippen LogP contribution in [0.2, 0.25) is 0 Å². The number of hydrogen-bond donors (Lipinski definition) is 2. The zero-order chi connectivity index (χ0) is 7.91. The van der Waals surface area contributed by atoms with Gasteiger partial charge in [-0.3, -0.25) is 0 Å². The van der Waals surface area contributed by atoms with Crippen LogP contribution in [0.5, 0.6) is 0 Å². The van der Waals surface area contributed by atoms with Gasteiger partial charge in [-0.25, -0.2) is 5.48 Å². The van der Waals surface area contributed by atoms with Gasteiger partial charge < -0.3 is 5.21 Å². The maximum Gasteiger partial charge on any atom is 0.0345 e. The van der Waals surface area contributed by atoms with Crippen LogP contribution < -0.4 is 5.48 Å². The average molecular weight is 133 g/mol. The van der Waals surface area contributed by atoms with Crippen LogP contribution in [-0.4, -0.2) is 10.7 Å². The lowest BCUT2D eigenvalue weighted by Crippen LogP contribution is -2.32. The minimum Gasteiger partial charge on any atom is -0.316 e. The minimum absolute atomic E-state index is 0.153. The molecule has 0 aromatic rings. The molecule has 0 aromatic carbocycles. The van der Waals surface area contributed by atoms with Crippen LogP contribution in [0.1, 0.15) is 41.0 Å². The second kappa shape index (κ2) is 6.05. The van der Waals surface area contributed by atoms with Crippen molar-refractivity contribution in [2.24, 2.45) is 0 Å². The summed E-state index contributed by atoms with van der Waals surface area (Å²) in [7, 11) is 0. The Bertz CT molecular complexity index is 47.4. The first-order valence-electron chi connectivity index (χ1n) is 3.39. The topological polar surface area (TPSA) is 32.3 Å². The lowest BCUT2D eigenvalue weighted by molar-refractivity contribution is 0.0918. The van der Waals surface area contributed by atoms with E-state index in [0.717, 1.165) is 0 Å². The van der Waals surface area contributed by atoms with Crippen LogP contribution in [0.15, 0.2) is 0 Å². The van der Waals surface area contributed by atoms with E-state index in [0.29, 0.717) is 0 Å². The highest BCUT2D eigenvalue weighted by Crippen LogP contribution is 1.93. The summed E-state index contributed by atoms with van der Waals surface area (Å²) in [4.78, 5) is 0. The monoisotopic (exact) mass is 133 g/mol. The molecule has 0 aromatic heterocycles. The lowest BCUT2D eigenvalue weighted by atomic mass is 10.1. The van der Waals surface area contributed by atoms with E-state index in [-0.39, 0.29) is 5.54 Å². The molecular weight excluding hydrogens is 114 g/mol. The summed E-state index contributed by atoms with van der Waals surface area (Å²) in [5, 5.41) is 8.15. The predicted molar refractivity (Wildman–Crippen MR) is 40.6 cm³/mol. The molecule has 2 nitrogen and oxygen atoms in total. The van der Waals surface area contributed by atoms with Gasteiger partial charge in [-0.2, -0.15) is 0 Å². The second-order valence-electron chi connectivity index (χ2n) is 3.07. The van der Waals surface area contributed by atoms with Gasteiger partial charge in [-0.15, -0.1) is 0 Å². The molecule has 0 unspecified atom stereocenters. The molecule has 2 N–H and O–H groups in total. The van der Waals surface area contributed by atoms with E-state index in [9.17, 15) is 0 Å². The van der Waals surface area contributed by atoms with Crippen molar-refractivity contribution >= 4 is 0 Å². The van der Waals surface area contributed by atoms with Crippen molar-refractivity contribution in [3.05, 3.63) is 0 Å². The fraction of sp³-hybridized carbons (Fsp3) is 1.00. The third-order valence-corrected chi connectivity index (χ3v) is 0.335. The van der Waals surface area contributed by atoms with Gasteiger partial charge in [-0.05, 0) is 20.8 Å². The fourth-order valence-corrected chi connectivity index (χ4v) is 0. The predicted octanol–water partition coefficient (Wildman–Crippen LogP) is 2.18. The average Bonchev–Trinajstić information content (AvgIpc) is 1.67. The highest BCUT2D eigenvalue weighted by atomic mass is 16.5. The van der Waals surface area contributed by atoms with E-state index in [1.165, 1.54) is 6.42 Å². The quantitative estimate of drug-likeness (QED) is 0.496. The van der Waals surface area contributed by atoms with Gasteiger partial charge in [-0.1, -0.05) is 20.3 Å². The largest absolute Gasteiger partial charge is 0.316 e. The molecule has 0 saturated carbocycles. The van der Waals surface area contributed by atoms with E-state index < -0.39 is 0 Å². The maximum absolute atomic E-state index is 8.15. The Labute approximate surface area is 58.2 Å². The molecule has 0 aliphatic rings. The summed E-state index contributed by atoms with van der Waals surface area (Å²) in [6.45, 7) is 9.90. The van der Waals surface area contributed by atoms with Crippen LogP contribution >= 0.6 is 0 Å². The minimum atomic E-state index is -0.153. The Morgan fingerprint density at radius 2 is 1.33 bits per heavy atom. The summed E-state index contributed by atoms with van der Waals surface area (Å²) < 4.78 is 0. The van der Waals surface area contributed by atoms with Crippen LogP contribution in [0.4, 0.5) is 0 Å². The van der Waals surface area contributed by atoms with Crippen LogP contribution in [-0.2, 0) is 0 Å². The summed E-state index contributed by atoms with van der Waals surface area (Å²) in [6.07, 6.45) is 1.25. The third kappa shape index (κ3) is 32.6. The molecule has 9 heavy (non-hydrogen) atoms. The summed E-state index contributed by atoms with van der Waals surface area (Å²) in [6, 6.07) is 0. The number of rotatable bonds is 0. The molecule has 0 radical (unpaired) electrons. The summed E-state index contributed by atoms with van der Waals surface area (Å²) in [5.41, 5.74) is 1.95. The first kappa shape index (κ1) is 11.7. The van der Waals surface area contributed by atoms with Gasteiger partial charge in [0.25, 0.3) is 0 Å². The smallest absolute Gasteiger partial charge is 0.0345 e. The van der Waals surface area contributed by atoms with E-state index in [1.807, 2.05) is 20.8 Å². The molecule has 0 amide bonds. The first-order chi connectivity index (χ1) is 3.97. The molecule has 0 aliphatic carbocycles. The normalized spacial score (nSPS) is 10.0. The van der Waals surface area contributed by atoms with Crippen LogP contribution in [0, 0.1) is 0 Å². The van der Waals surface area contributed by atoms with Gasteiger partial charge in [0.15, 0.2) is 0 Å². The maximum atomic E-state index is 8.15. The standard InChI is InChI=1S/C4H11NO.C3H8/c1-4(2,3)5-6;1-3-2/h5-6H,1-3H3;3H2,1-2H3. The highest BCUT2D eigenvalue weighted by Gasteiger charge is 2.03. The molecule has 0 rings (SSSR count). The molecule has 2 heteroatoms. The van der Waals surface area contributed by atoms with Crippen molar-refractivity contribution < 1.29 is 5.21 Å². The Kier molecular flexibility index (Phi) is 7.85. The van der Waals surface area contributed by atoms with Crippen molar-refractivity contribution in [1.29, 1.82) is 0 Å². The molecule has 0 heterocycles. The van der Waals surface area contributed by atoms with Crippen LogP contribution in [0.25, 0.3) is 0 Å². The van der Waals surface area contributed by atoms with E-state index in [2.05, 4.69) is 19.3 Å². The van der Waals surface area contributed by atoms with Gasteiger partial charge in [0.2, 0.25) is 0 Å². The summed E-state index contributed by atoms with van der Waals surface area (Å²) >= 11 is 0.